The van der Waals surface area contributed by atoms with Gasteiger partial charge in [-0.25, -0.2) is 0 Å². The van der Waals surface area contributed by atoms with Gasteiger partial charge in [-0.1, -0.05) is 6.07 Å². The number of aliphatic imine (C=N–C) groups is 1. The second-order valence-electron chi connectivity index (χ2n) is 7.51. The molecule has 1 fully saturated rings. The molecule has 0 radical (unpaired) electrons. The van der Waals surface area contributed by atoms with E-state index in [9.17, 15) is 9.59 Å². The van der Waals surface area contributed by atoms with Crippen molar-refractivity contribution in [3.63, 3.8) is 0 Å². The summed E-state index contributed by atoms with van der Waals surface area (Å²) in [6, 6.07) is 12.4. The Morgan fingerprint density at radius 3 is 2.52 bits per heavy atom. The fraction of sp³-hybridized carbons (Fsp3) is 0.304. The number of carbonyl (C=O) groups is 2. The Kier molecular flexibility index (Phi) is 6.55. The Morgan fingerprint density at radius 2 is 1.90 bits per heavy atom. The van der Waals surface area contributed by atoms with Gasteiger partial charge in [-0.2, -0.15) is 10.3 Å². The second kappa shape index (κ2) is 9.30. The molecule has 0 bridgehead atoms. The molecule has 8 nitrogen and oxygen atoms in total. The number of benzene rings is 2. The number of ether oxygens (including phenoxy) is 1. The first-order chi connectivity index (χ1) is 14.8. The van der Waals surface area contributed by atoms with Crippen molar-refractivity contribution in [1.29, 1.82) is 5.26 Å². The Labute approximate surface area is 181 Å². The molecule has 1 heterocycles. The Bertz CT molecular complexity index is 1080. The van der Waals surface area contributed by atoms with Crippen LogP contribution in [-0.2, 0) is 0 Å². The Morgan fingerprint density at radius 1 is 1.19 bits per heavy atom. The van der Waals surface area contributed by atoms with E-state index in [4.69, 9.17) is 21.5 Å². The number of guanidine groups is 1. The van der Waals surface area contributed by atoms with Gasteiger partial charge in [-0.3, -0.25) is 9.59 Å². The lowest BCUT2D eigenvalue weighted by Crippen LogP contribution is -2.38. The standard InChI is InChI=1S/C23H25N5O3/c1-14-10-19(21(29)27-23(25)26)20(31-2)12-18(14)16-6-8-28(9-7-16)22(30)17-5-3-4-15(11-17)13-24/h3-5,10-12,16H,6-9H2,1-2H3,(H4,25,26,27,29). The number of rotatable bonds is 4. The van der Waals surface area contributed by atoms with Crippen LogP contribution in [0.5, 0.6) is 5.75 Å². The van der Waals surface area contributed by atoms with E-state index in [1.54, 1.807) is 30.3 Å². The highest BCUT2D eigenvalue weighted by Crippen LogP contribution is 2.35. The van der Waals surface area contributed by atoms with Gasteiger partial charge in [0.2, 0.25) is 0 Å². The molecule has 1 aliphatic heterocycles. The van der Waals surface area contributed by atoms with Crippen LogP contribution in [0.4, 0.5) is 0 Å². The van der Waals surface area contributed by atoms with Crippen molar-refractivity contribution >= 4 is 17.8 Å². The highest BCUT2D eigenvalue weighted by molar-refractivity contribution is 6.04. The van der Waals surface area contributed by atoms with E-state index in [0.717, 1.165) is 24.0 Å². The average molecular weight is 419 g/mol. The molecule has 4 N–H and O–H groups in total. The van der Waals surface area contributed by atoms with Crippen LogP contribution in [0.1, 0.15) is 56.2 Å². The van der Waals surface area contributed by atoms with Crippen LogP contribution in [0.15, 0.2) is 41.4 Å². The topological polar surface area (TPSA) is 135 Å². The predicted octanol–water partition coefficient (Wildman–Crippen LogP) is 2.31. The van der Waals surface area contributed by atoms with Crippen LogP contribution in [0.3, 0.4) is 0 Å². The van der Waals surface area contributed by atoms with Gasteiger partial charge in [0, 0.05) is 18.7 Å². The van der Waals surface area contributed by atoms with Crippen LogP contribution in [0, 0.1) is 18.3 Å². The van der Waals surface area contributed by atoms with Gasteiger partial charge in [0.05, 0.1) is 24.3 Å². The number of hydrogen-bond donors (Lipinski definition) is 2. The maximum atomic E-state index is 12.8. The third-order valence-corrected chi connectivity index (χ3v) is 5.51. The predicted molar refractivity (Wildman–Crippen MR) is 117 cm³/mol. The quantitative estimate of drug-likeness (QED) is 0.577. The Hall–Kier alpha value is -3.86. The SMILES string of the molecule is COc1cc(C2CCN(C(=O)c3cccc(C#N)c3)CC2)c(C)cc1C(=O)N=C(N)N. The summed E-state index contributed by atoms with van der Waals surface area (Å²) >= 11 is 0. The molecule has 8 heteroatoms. The van der Waals surface area contributed by atoms with Crippen LogP contribution in [0.25, 0.3) is 0 Å². The molecule has 0 unspecified atom stereocenters. The number of piperidine rings is 1. The molecule has 0 spiro atoms. The van der Waals surface area contributed by atoms with Crippen LogP contribution in [0.2, 0.25) is 0 Å². The highest BCUT2D eigenvalue weighted by Gasteiger charge is 2.27. The van der Waals surface area contributed by atoms with Gasteiger partial charge in [-0.05, 0) is 67.1 Å². The van der Waals surface area contributed by atoms with Crippen molar-refractivity contribution in [1.82, 2.24) is 4.90 Å². The highest BCUT2D eigenvalue weighted by atomic mass is 16.5. The number of aryl methyl sites for hydroxylation is 1. The number of hydrogen-bond acceptors (Lipinski definition) is 4. The zero-order chi connectivity index (χ0) is 22.5. The van der Waals surface area contributed by atoms with Crippen LogP contribution < -0.4 is 16.2 Å². The minimum absolute atomic E-state index is 0.0666. The molecule has 0 atom stereocenters. The van der Waals surface area contributed by atoms with Crippen molar-refractivity contribution in [3.8, 4) is 11.8 Å². The summed E-state index contributed by atoms with van der Waals surface area (Å²) in [5, 5.41) is 9.05. The summed E-state index contributed by atoms with van der Waals surface area (Å²) in [5.41, 5.74) is 14.0. The number of nitriles is 1. The maximum Gasteiger partial charge on any atom is 0.283 e. The maximum absolute atomic E-state index is 12.8. The number of carbonyl (C=O) groups excluding carboxylic acids is 2. The Balaban J connectivity index is 1.76. The van der Waals surface area contributed by atoms with Crippen molar-refractivity contribution < 1.29 is 14.3 Å². The molecule has 2 aromatic carbocycles. The van der Waals surface area contributed by atoms with Gasteiger partial charge in [0.15, 0.2) is 5.96 Å². The zero-order valence-electron chi connectivity index (χ0n) is 17.6. The van der Waals surface area contributed by atoms with Gasteiger partial charge in [0.1, 0.15) is 5.75 Å². The zero-order valence-corrected chi connectivity index (χ0v) is 17.6. The molecule has 160 valence electrons. The van der Waals surface area contributed by atoms with E-state index in [0.29, 0.717) is 35.5 Å². The van der Waals surface area contributed by atoms with Gasteiger partial charge >= 0.3 is 0 Å². The van der Waals surface area contributed by atoms with E-state index in [2.05, 4.69) is 11.1 Å². The lowest BCUT2D eigenvalue weighted by Gasteiger charge is -2.33. The molecule has 3 rings (SSSR count). The van der Waals surface area contributed by atoms with E-state index in [-0.39, 0.29) is 17.8 Å². The lowest BCUT2D eigenvalue weighted by atomic mass is 9.85. The third-order valence-electron chi connectivity index (χ3n) is 5.51. The molecule has 0 aromatic heterocycles. The smallest absolute Gasteiger partial charge is 0.283 e. The molecule has 2 aromatic rings. The first kappa shape index (κ1) is 21.8. The minimum Gasteiger partial charge on any atom is -0.496 e. The monoisotopic (exact) mass is 419 g/mol. The van der Waals surface area contributed by atoms with Crippen molar-refractivity contribution in [2.45, 2.75) is 25.7 Å². The molecule has 0 aliphatic carbocycles. The average Bonchev–Trinajstić information content (AvgIpc) is 2.78. The fourth-order valence-electron chi connectivity index (χ4n) is 3.96. The van der Waals surface area contributed by atoms with E-state index < -0.39 is 5.91 Å². The first-order valence-electron chi connectivity index (χ1n) is 9.96. The minimum atomic E-state index is -0.550. The van der Waals surface area contributed by atoms with Crippen molar-refractivity contribution in [2.75, 3.05) is 20.2 Å². The van der Waals surface area contributed by atoms with E-state index in [1.165, 1.54) is 7.11 Å². The molecular formula is C23H25N5O3. The van der Waals surface area contributed by atoms with Crippen LogP contribution >= 0.6 is 0 Å². The molecule has 0 saturated carbocycles. The first-order valence-corrected chi connectivity index (χ1v) is 9.96. The largest absolute Gasteiger partial charge is 0.496 e. The summed E-state index contributed by atoms with van der Waals surface area (Å²) in [6.45, 7) is 3.15. The molecular weight excluding hydrogens is 394 g/mol. The number of likely N-dealkylation sites (tertiary alicyclic amines) is 1. The number of nitrogens with two attached hydrogens (primary N) is 2. The van der Waals surface area contributed by atoms with Crippen LogP contribution in [-0.4, -0.2) is 42.9 Å². The normalized spacial score (nSPS) is 13.9. The fourth-order valence-corrected chi connectivity index (χ4v) is 3.96. The summed E-state index contributed by atoms with van der Waals surface area (Å²) in [5.74, 6) is -0.265. The molecule has 1 aliphatic rings. The summed E-state index contributed by atoms with van der Waals surface area (Å²) in [4.78, 5) is 30.5. The van der Waals surface area contributed by atoms with E-state index >= 15 is 0 Å². The molecule has 2 amide bonds. The summed E-state index contributed by atoms with van der Waals surface area (Å²) < 4.78 is 5.41. The van der Waals surface area contributed by atoms with Gasteiger partial charge in [0.25, 0.3) is 11.8 Å². The molecule has 1 saturated heterocycles. The molecule has 31 heavy (non-hydrogen) atoms. The van der Waals surface area contributed by atoms with Crippen molar-refractivity contribution in [3.05, 3.63) is 64.2 Å². The summed E-state index contributed by atoms with van der Waals surface area (Å²) in [7, 11) is 1.50. The third kappa shape index (κ3) is 4.83. The van der Waals surface area contributed by atoms with E-state index in [1.807, 2.05) is 17.9 Å². The van der Waals surface area contributed by atoms with Gasteiger partial charge in [-0.15, -0.1) is 0 Å². The van der Waals surface area contributed by atoms with Crippen molar-refractivity contribution in [2.24, 2.45) is 16.5 Å². The number of amides is 2. The lowest BCUT2D eigenvalue weighted by molar-refractivity contribution is 0.0712. The summed E-state index contributed by atoms with van der Waals surface area (Å²) in [6.07, 6.45) is 1.57. The number of methoxy groups -OCH3 is 1. The number of nitrogens with zero attached hydrogens (tertiary/aromatic N) is 3. The second-order valence-corrected chi connectivity index (χ2v) is 7.51. The van der Waals surface area contributed by atoms with Gasteiger partial charge < -0.3 is 21.1 Å².